The van der Waals surface area contributed by atoms with Gasteiger partial charge in [-0.05, 0) is 30.3 Å². The van der Waals surface area contributed by atoms with Crippen LogP contribution in [0.15, 0.2) is 41.3 Å². The number of anilines is 1. The summed E-state index contributed by atoms with van der Waals surface area (Å²) in [6.45, 7) is 0. The zero-order chi connectivity index (χ0) is 16.5. The lowest BCUT2D eigenvalue weighted by molar-refractivity contribution is 0.509. The lowest BCUT2D eigenvalue weighted by Crippen LogP contribution is -2.26. The molecule has 0 aliphatic carbocycles. The zero-order valence-corrected chi connectivity index (χ0v) is 12.8. The van der Waals surface area contributed by atoms with Gasteiger partial charge < -0.3 is 0 Å². The van der Waals surface area contributed by atoms with E-state index in [2.05, 4.69) is 0 Å². The number of benzene rings is 2. The fraction of sp³-hybridized carbons (Fsp3) is 0.0714. The Morgan fingerprint density at radius 3 is 2.36 bits per heavy atom. The van der Waals surface area contributed by atoms with Crippen LogP contribution >= 0.6 is 11.6 Å². The SMILES string of the molecule is CN(c1ccc(F)c(F)c1)S(=O)(=O)c1ccc(C#N)c(Cl)c1. The molecule has 0 heterocycles. The van der Waals surface area contributed by atoms with Crippen molar-refractivity contribution in [2.24, 2.45) is 0 Å². The highest BCUT2D eigenvalue weighted by Crippen LogP contribution is 2.26. The van der Waals surface area contributed by atoms with Gasteiger partial charge in [-0.3, -0.25) is 4.31 Å². The van der Waals surface area contributed by atoms with Crippen LogP contribution in [0.5, 0.6) is 0 Å². The predicted octanol–water partition coefficient (Wildman–Crippen LogP) is 3.31. The number of nitrogens with zero attached hydrogens (tertiary/aromatic N) is 2. The summed E-state index contributed by atoms with van der Waals surface area (Å²) >= 11 is 5.82. The molecule has 0 N–H and O–H groups in total. The first kappa shape index (κ1) is 16.2. The second-order valence-electron chi connectivity index (χ2n) is 4.32. The molecule has 0 spiro atoms. The van der Waals surface area contributed by atoms with Crippen LogP contribution in [-0.2, 0) is 10.0 Å². The van der Waals surface area contributed by atoms with E-state index >= 15 is 0 Å². The average Bonchev–Trinajstić information content (AvgIpc) is 2.49. The van der Waals surface area contributed by atoms with Gasteiger partial charge >= 0.3 is 0 Å². The quantitative estimate of drug-likeness (QED) is 0.859. The number of hydrogen-bond acceptors (Lipinski definition) is 3. The first-order valence-corrected chi connectivity index (χ1v) is 7.73. The minimum Gasteiger partial charge on any atom is -0.269 e. The van der Waals surface area contributed by atoms with Gasteiger partial charge in [0.15, 0.2) is 11.6 Å². The van der Waals surface area contributed by atoms with E-state index in [0.29, 0.717) is 0 Å². The maximum atomic E-state index is 13.2. The van der Waals surface area contributed by atoms with Crippen molar-refractivity contribution in [3.8, 4) is 6.07 Å². The van der Waals surface area contributed by atoms with Gasteiger partial charge in [0.05, 0.1) is 21.2 Å². The summed E-state index contributed by atoms with van der Waals surface area (Å²) in [4.78, 5) is -0.163. The predicted molar refractivity (Wildman–Crippen MR) is 78.1 cm³/mol. The molecule has 0 atom stereocenters. The molecule has 0 fully saturated rings. The van der Waals surface area contributed by atoms with Crippen molar-refractivity contribution in [3.63, 3.8) is 0 Å². The summed E-state index contributed by atoms with van der Waals surface area (Å²) in [5, 5.41) is 8.77. The lowest BCUT2D eigenvalue weighted by Gasteiger charge is -2.19. The van der Waals surface area contributed by atoms with Gasteiger partial charge in [-0.25, -0.2) is 17.2 Å². The number of rotatable bonds is 3. The van der Waals surface area contributed by atoms with E-state index in [0.717, 1.165) is 28.6 Å². The Hall–Kier alpha value is -2.17. The molecule has 22 heavy (non-hydrogen) atoms. The molecule has 4 nitrogen and oxygen atoms in total. The molecule has 0 saturated heterocycles. The molecule has 0 aliphatic heterocycles. The Labute approximate surface area is 131 Å². The molecule has 0 aromatic heterocycles. The van der Waals surface area contributed by atoms with E-state index in [1.54, 1.807) is 0 Å². The van der Waals surface area contributed by atoms with Crippen molar-refractivity contribution in [1.29, 1.82) is 5.26 Å². The van der Waals surface area contributed by atoms with Crippen molar-refractivity contribution in [3.05, 3.63) is 58.6 Å². The smallest absolute Gasteiger partial charge is 0.264 e. The third kappa shape index (κ3) is 2.89. The van der Waals surface area contributed by atoms with Gasteiger partial charge in [-0.1, -0.05) is 11.6 Å². The molecular weight excluding hydrogens is 334 g/mol. The summed E-state index contributed by atoms with van der Waals surface area (Å²) in [5.74, 6) is -2.23. The van der Waals surface area contributed by atoms with Crippen LogP contribution in [-0.4, -0.2) is 15.5 Å². The minimum atomic E-state index is -4.02. The van der Waals surface area contributed by atoms with Gasteiger partial charge in [0.2, 0.25) is 0 Å². The monoisotopic (exact) mass is 342 g/mol. The molecule has 2 rings (SSSR count). The van der Waals surface area contributed by atoms with E-state index in [1.165, 1.54) is 19.2 Å². The largest absolute Gasteiger partial charge is 0.269 e. The Kier molecular flexibility index (Phi) is 4.35. The van der Waals surface area contributed by atoms with Gasteiger partial charge in [0.1, 0.15) is 6.07 Å². The molecule has 2 aromatic rings. The van der Waals surface area contributed by atoms with Crippen LogP contribution in [0.1, 0.15) is 5.56 Å². The number of sulfonamides is 1. The number of hydrogen-bond donors (Lipinski definition) is 0. The molecule has 2 aromatic carbocycles. The number of nitriles is 1. The zero-order valence-electron chi connectivity index (χ0n) is 11.2. The summed E-state index contributed by atoms with van der Waals surface area (Å²) in [6.07, 6.45) is 0. The van der Waals surface area contributed by atoms with E-state index in [4.69, 9.17) is 16.9 Å². The highest BCUT2D eigenvalue weighted by atomic mass is 35.5. The van der Waals surface area contributed by atoms with Crippen molar-refractivity contribution in [1.82, 2.24) is 0 Å². The van der Waals surface area contributed by atoms with Crippen LogP contribution in [0.4, 0.5) is 14.5 Å². The fourth-order valence-electron chi connectivity index (χ4n) is 1.72. The van der Waals surface area contributed by atoms with E-state index < -0.39 is 21.7 Å². The maximum Gasteiger partial charge on any atom is 0.264 e. The van der Waals surface area contributed by atoms with Crippen molar-refractivity contribution < 1.29 is 17.2 Å². The molecule has 8 heteroatoms. The summed E-state index contributed by atoms with van der Waals surface area (Å²) in [5.41, 5.74) is 0.0930. The first-order valence-electron chi connectivity index (χ1n) is 5.91. The Balaban J connectivity index is 2.47. The van der Waals surface area contributed by atoms with Gasteiger partial charge in [0, 0.05) is 13.1 Å². The molecule has 0 radical (unpaired) electrons. The highest BCUT2D eigenvalue weighted by Gasteiger charge is 2.23. The second kappa shape index (κ2) is 5.91. The van der Waals surface area contributed by atoms with Gasteiger partial charge in [-0.15, -0.1) is 0 Å². The molecular formula is C14H9ClF2N2O2S. The van der Waals surface area contributed by atoms with Gasteiger partial charge in [-0.2, -0.15) is 5.26 Å². The molecule has 0 amide bonds. The third-order valence-electron chi connectivity index (χ3n) is 2.99. The van der Waals surface area contributed by atoms with Crippen LogP contribution in [0, 0.1) is 23.0 Å². The minimum absolute atomic E-state index is 0.0118. The standard InChI is InChI=1S/C14H9ClF2N2O2S/c1-19(10-3-5-13(16)14(17)6-10)22(20,21)11-4-2-9(8-18)12(15)7-11/h2-7H,1H3. The summed E-state index contributed by atoms with van der Waals surface area (Å²) in [6, 6.07) is 8.19. The normalized spacial score (nSPS) is 11.0. The summed E-state index contributed by atoms with van der Waals surface area (Å²) in [7, 11) is -2.82. The third-order valence-corrected chi connectivity index (χ3v) is 5.08. The molecule has 0 unspecified atom stereocenters. The summed E-state index contributed by atoms with van der Waals surface area (Å²) < 4.78 is 51.9. The first-order chi connectivity index (χ1) is 10.3. The number of halogens is 3. The Morgan fingerprint density at radius 1 is 1.14 bits per heavy atom. The van der Waals surface area contributed by atoms with E-state index in [-0.39, 0.29) is 21.2 Å². The van der Waals surface area contributed by atoms with E-state index in [9.17, 15) is 17.2 Å². The molecule has 0 saturated carbocycles. The van der Waals surface area contributed by atoms with Crippen LogP contribution in [0.2, 0.25) is 5.02 Å². The maximum absolute atomic E-state index is 13.2. The molecule has 114 valence electrons. The van der Waals surface area contributed by atoms with Crippen LogP contribution < -0.4 is 4.31 Å². The molecule has 0 aliphatic rings. The van der Waals surface area contributed by atoms with Crippen LogP contribution in [0.25, 0.3) is 0 Å². The molecule has 0 bridgehead atoms. The Bertz CT molecular complexity index is 879. The van der Waals surface area contributed by atoms with Crippen LogP contribution in [0.3, 0.4) is 0 Å². The van der Waals surface area contributed by atoms with Gasteiger partial charge in [0.25, 0.3) is 10.0 Å². The topological polar surface area (TPSA) is 61.2 Å². The fourth-order valence-corrected chi connectivity index (χ4v) is 3.23. The van der Waals surface area contributed by atoms with Crippen molar-refractivity contribution >= 4 is 27.3 Å². The van der Waals surface area contributed by atoms with E-state index in [1.807, 2.05) is 6.07 Å². The lowest BCUT2D eigenvalue weighted by atomic mass is 10.2. The second-order valence-corrected chi connectivity index (χ2v) is 6.70. The van der Waals surface area contributed by atoms with Crippen molar-refractivity contribution in [2.75, 3.05) is 11.4 Å². The Morgan fingerprint density at radius 2 is 1.82 bits per heavy atom. The average molecular weight is 343 g/mol. The highest BCUT2D eigenvalue weighted by molar-refractivity contribution is 7.92. The van der Waals surface area contributed by atoms with Crippen molar-refractivity contribution in [2.45, 2.75) is 4.90 Å².